The van der Waals surface area contributed by atoms with E-state index in [0.717, 1.165) is 16.7 Å². The zero-order valence-electron chi connectivity index (χ0n) is 24.3. The maximum atomic E-state index is 14.1. The molecule has 1 atom stereocenters. The Morgan fingerprint density at radius 1 is 1.07 bits per heavy atom. The minimum Gasteiger partial charge on any atom is -0.465 e. The van der Waals surface area contributed by atoms with Crippen molar-refractivity contribution in [3.8, 4) is 0 Å². The van der Waals surface area contributed by atoms with E-state index in [-0.39, 0.29) is 35.7 Å². The van der Waals surface area contributed by atoms with Crippen molar-refractivity contribution < 1.29 is 36.3 Å². The number of likely N-dealkylation sites (N-methyl/N-ethyl adjacent to an activating group) is 1. The quantitative estimate of drug-likeness (QED) is 0.351. The monoisotopic (exact) mass is 645 g/mol. The number of carboxylic acid groups (broad SMARTS) is 1. The van der Waals surface area contributed by atoms with Crippen molar-refractivity contribution in [3.63, 3.8) is 0 Å². The lowest BCUT2D eigenvalue weighted by Gasteiger charge is -2.45. The fourth-order valence-corrected chi connectivity index (χ4v) is 6.71. The van der Waals surface area contributed by atoms with E-state index in [4.69, 9.17) is 0 Å². The van der Waals surface area contributed by atoms with Gasteiger partial charge in [-0.05, 0) is 61.6 Å². The molecule has 1 heterocycles. The van der Waals surface area contributed by atoms with Gasteiger partial charge in [-0.15, -0.1) is 12.4 Å². The fraction of sp³-hybridized carbons (Fsp3) is 0.533. The summed E-state index contributed by atoms with van der Waals surface area (Å²) >= 11 is 0. The molecule has 0 bridgehead atoms. The van der Waals surface area contributed by atoms with E-state index in [1.165, 1.54) is 30.3 Å². The third-order valence-corrected chi connectivity index (χ3v) is 9.47. The Kier molecular flexibility index (Phi) is 11.5. The van der Waals surface area contributed by atoms with Gasteiger partial charge in [-0.3, -0.25) is 9.69 Å². The lowest BCUT2D eigenvalue weighted by atomic mass is 9.85. The molecule has 1 aliphatic heterocycles. The Hall–Kier alpha value is -2.83. The highest BCUT2D eigenvalue weighted by Crippen LogP contribution is 2.44. The predicted octanol–water partition coefficient (Wildman–Crippen LogP) is 5.42. The minimum absolute atomic E-state index is 0. The number of halogens is 4. The maximum absolute atomic E-state index is 14.1. The summed E-state index contributed by atoms with van der Waals surface area (Å²) in [6, 6.07) is 10.4. The van der Waals surface area contributed by atoms with Crippen LogP contribution in [0.1, 0.15) is 56.2 Å². The first kappa shape index (κ1) is 34.7. The van der Waals surface area contributed by atoms with Crippen molar-refractivity contribution in [2.24, 2.45) is 0 Å². The number of piperidine rings is 1. The summed E-state index contributed by atoms with van der Waals surface area (Å²) in [6.07, 6.45) is 0.673. The maximum Gasteiger partial charge on any atom is 0.408 e. The Morgan fingerprint density at radius 3 is 2.21 bits per heavy atom. The Balaban J connectivity index is 0.00000506. The molecule has 2 aromatic carbocycles. The highest BCUT2D eigenvalue weighted by molar-refractivity contribution is 7.90. The summed E-state index contributed by atoms with van der Waals surface area (Å²) in [5.74, 6) is -3.45. The van der Waals surface area contributed by atoms with Gasteiger partial charge in [0.15, 0.2) is 9.84 Å². The number of sulfone groups is 1. The van der Waals surface area contributed by atoms with E-state index in [9.17, 15) is 36.3 Å². The molecule has 1 saturated carbocycles. The number of amides is 2. The van der Waals surface area contributed by atoms with Gasteiger partial charge in [0, 0.05) is 57.4 Å². The lowest BCUT2D eigenvalue weighted by molar-refractivity contribution is -0.133. The van der Waals surface area contributed by atoms with Crippen LogP contribution < -0.4 is 0 Å². The molecule has 2 aromatic rings. The topological polar surface area (TPSA) is 98.2 Å². The molecule has 4 rings (SSSR count). The van der Waals surface area contributed by atoms with Gasteiger partial charge >= 0.3 is 6.09 Å². The fourth-order valence-electron chi connectivity index (χ4n) is 6.08. The molecular weight excluding hydrogens is 607 g/mol. The van der Waals surface area contributed by atoms with Crippen molar-refractivity contribution in [2.75, 3.05) is 32.4 Å². The second-order valence-corrected chi connectivity index (χ2v) is 13.3. The third-order valence-electron chi connectivity index (χ3n) is 8.34. The van der Waals surface area contributed by atoms with Crippen molar-refractivity contribution in [1.82, 2.24) is 14.7 Å². The summed E-state index contributed by atoms with van der Waals surface area (Å²) in [4.78, 5) is 30.6. The number of benzene rings is 2. The smallest absolute Gasteiger partial charge is 0.408 e. The number of carbonyl (C=O) groups is 2. The number of hydrogen-bond acceptors (Lipinski definition) is 5. The average Bonchev–Trinajstić information content (AvgIpc) is 2.90. The van der Waals surface area contributed by atoms with Gasteiger partial charge < -0.3 is 14.9 Å². The van der Waals surface area contributed by atoms with Crippen LogP contribution in [-0.4, -0.2) is 90.7 Å². The lowest BCUT2D eigenvalue weighted by Crippen LogP contribution is -2.54. The van der Waals surface area contributed by atoms with E-state index in [1.54, 1.807) is 18.2 Å². The SMILES string of the molecule is CCN(C(=O)Cc1ccc(S(C)(=O)=O)cc1)C1CCN(CCC(c2cccc(F)c2)N(C(=O)O)C2CC(F)(F)C2)CC1.Cl. The van der Waals surface area contributed by atoms with Crippen LogP contribution in [0.4, 0.5) is 18.0 Å². The van der Waals surface area contributed by atoms with Crippen LogP contribution in [0, 0.1) is 5.82 Å². The number of hydrogen-bond donors (Lipinski definition) is 1. The molecule has 13 heteroatoms. The van der Waals surface area contributed by atoms with Crippen molar-refractivity contribution >= 4 is 34.2 Å². The minimum atomic E-state index is -3.31. The summed E-state index contributed by atoms with van der Waals surface area (Å²) in [5, 5.41) is 9.96. The van der Waals surface area contributed by atoms with Crippen molar-refractivity contribution in [2.45, 2.75) is 74.4 Å². The van der Waals surface area contributed by atoms with Gasteiger partial charge in [-0.2, -0.15) is 0 Å². The molecule has 0 aromatic heterocycles. The van der Waals surface area contributed by atoms with Gasteiger partial charge in [0.25, 0.3) is 5.92 Å². The first-order valence-corrected chi connectivity index (χ1v) is 16.1. The highest BCUT2D eigenvalue weighted by atomic mass is 35.5. The standard InChI is InChI=1S/C30H38F3N3O5S.ClH/c1-3-35(28(37)17-21-7-9-26(10-8-21)42(2,40)41)24-11-14-34(15-12-24)16-13-27(22-5-4-6-23(31)18-22)36(29(38)39)25-19-30(32,33)20-25;/h4-10,18,24-25,27H,3,11-17,19-20H2,1-2H3,(H,38,39);1H. The molecule has 238 valence electrons. The molecule has 2 aliphatic rings. The molecule has 1 unspecified atom stereocenters. The molecule has 0 spiro atoms. The molecule has 2 amide bonds. The van der Waals surface area contributed by atoms with Gasteiger partial charge in [0.1, 0.15) is 5.82 Å². The summed E-state index contributed by atoms with van der Waals surface area (Å²) in [7, 11) is -3.31. The average molecular weight is 646 g/mol. The normalized spacial score (nSPS) is 18.3. The summed E-state index contributed by atoms with van der Waals surface area (Å²) < 4.78 is 64.8. The summed E-state index contributed by atoms with van der Waals surface area (Å²) in [5.41, 5.74) is 1.17. The molecule has 1 aliphatic carbocycles. The number of nitrogens with zero attached hydrogens (tertiary/aromatic N) is 3. The van der Waals surface area contributed by atoms with Crippen LogP contribution in [0.25, 0.3) is 0 Å². The van der Waals surface area contributed by atoms with Gasteiger partial charge in [0.05, 0.1) is 17.4 Å². The molecule has 1 N–H and O–H groups in total. The van der Waals surface area contributed by atoms with Crippen LogP contribution in [0.5, 0.6) is 0 Å². The Labute approximate surface area is 257 Å². The van der Waals surface area contributed by atoms with Crippen LogP contribution >= 0.6 is 12.4 Å². The largest absolute Gasteiger partial charge is 0.465 e. The van der Waals surface area contributed by atoms with E-state index in [2.05, 4.69) is 4.90 Å². The zero-order chi connectivity index (χ0) is 30.7. The van der Waals surface area contributed by atoms with Crippen molar-refractivity contribution in [3.05, 3.63) is 65.5 Å². The van der Waals surface area contributed by atoms with Crippen LogP contribution in [0.15, 0.2) is 53.4 Å². The van der Waals surface area contributed by atoms with Crippen LogP contribution in [-0.2, 0) is 21.1 Å². The van der Waals surface area contributed by atoms with E-state index < -0.39 is 52.6 Å². The molecule has 1 saturated heterocycles. The van der Waals surface area contributed by atoms with E-state index in [1.807, 2.05) is 11.8 Å². The molecule has 8 nitrogen and oxygen atoms in total. The zero-order valence-corrected chi connectivity index (χ0v) is 25.9. The van der Waals surface area contributed by atoms with Gasteiger partial charge in [-0.25, -0.2) is 26.4 Å². The molecule has 2 fully saturated rings. The van der Waals surface area contributed by atoms with Crippen LogP contribution in [0.3, 0.4) is 0 Å². The van der Waals surface area contributed by atoms with Crippen molar-refractivity contribution in [1.29, 1.82) is 0 Å². The Bertz CT molecular complexity index is 1360. The molecular formula is C30H39ClF3N3O5S. The predicted molar refractivity (Wildman–Crippen MR) is 159 cm³/mol. The second kappa shape index (κ2) is 14.3. The van der Waals surface area contributed by atoms with E-state index in [0.29, 0.717) is 51.0 Å². The first-order valence-electron chi connectivity index (χ1n) is 14.2. The highest BCUT2D eigenvalue weighted by Gasteiger charge is 2.51. The number of carbonyl (C=O) groups excluding carboxylic acids is 1. The molecule has 43 heavy (non-hydrogen) atoms. The number of likely N-dealkylation sites (tertiary alicyclic amines) is 1. The van der Waals surface area contributed by atoms with Gasteiger partial charge in [-0.1, -0.05) is 24.3 Å². The first-order chi connectivity index (χ1) is 19.8. The van der Waals surface area contributed by atoms with Gasteiger partial charge in [0.2, 0.25) is 5.91 Å². The number of alkyl halides is 2. The third kappa shape index (κ3) is 8.86. The molecule has 0 radical (unpaired) electrons. The second-order valence-electron chi connectivity index (χ2n) is 11.3. The van der Waals surface area contributed by atoms with E-state index >= 15 is 0 Å². The summed E-state index contributed by atoms with van der Waals surface area (Å²) in [6.45, 7) is 4.29. The van der Waals surface area contributed by atoms with Crippen LogP contribution in [0.2, 0.25) is 0 Å². The number of rotatable bonds is 11. The Morgan fingerprint density at radius 2 is 1.70 bits per heavy atom.